The molecule has 0 aliphatic carbocycles. The van der Waals surface area contributed by atoms with Gasteiger partial charge in [-0.2, -0.15) is 5.10 Å². The van der Waals surface area contributed by atoms with Gasteiger partial charge in [0, 0.05) is 29.6 Å². The van der Waals surface area contributed by atoms with Gasteiger partial charge in [-0.1, -0.05) is 60.7 Å². The summed E-state index contributed by atoms with van der Waals surface area (Å²) < 4.78 is 1.86. The molecule has 0 bridgehead atoms. The van der Waals surface area contributed by atoms with Crippen molar-refractivity contribution in [3.63, 3.8) is 0 Å². The molecule has 1 amide bonds. The first-order chi connectivity index (χ1) is 14.5. The van der Waals surface area contributed by atoms with E-state index in [0.717, 1.165) is 11.0 Å². The Labute approximate surface area is 176 Å². The van der Waals surface area contributed by atoms with Gasteiger partial charge in [0.15, 0.2) is 5.65 Å². The molecule has 1 unspecified atom stereocenters. The van der Waals surface area contributed by atoms with Crippen LogP contribution in [0.4, 0.5) is 0 Å². The zero-order valence-electron chi connectivity index (χ0n) is 17.5. The van der Waals surface area contributed by atoms with Gasteiger partial charge < -0.3 is 5.32 Å². The van der Waals surface area contributed by atoms with E-state index in [-0.39, 0.29) is 23.9 Å². The monoisotopic (exact) mass is 398 g/mol. The maximum Gasteiger partial charge on any atom is 0.253 e. The predicted molar refractivity (Wildman–Crippen MR) is 120 cm³/mol. The van der Waals surface area contributed by atoms with Crippen LogP contribution in [0.5, 0.6) is 0 Å². The maximum absolute atomic E-state index is 13.0. The third-order valence-electron chi connectivity index (χ3n) is 5.36. The number of fused-ring (bicyclic) bond motifs is 1. The fourth-order valence-electron chi connectivity index (χ4n) is 3.91. The second-order valence-corrected chi connectivity index (χ2v) is 7.88. The van der Waals surface area contributed by atoms with E-state index in [9.17, 15) is 4.79 Å². The van der Waals surface area contributed by atoms with E-state index >= 15 is 0 Å². The molecule has 2 heterocycles. The average Bonchev–Trinajstić information content (AvgIpc) is 3.19. The number of aromatic nitrogens is 3. The van der Waals surface area contributed by atoms with Gasteiger partial charge in [0.05, 0.1) is 11.8 Å². The molecule has 0 aliphatic heterocycles. The van der Waals surface area contributed by atoms with E-state index in [1.165, 1.54) is 11.1 Å². The molecule has 2 aromatic heterocycles. The second-order valence-electron chi connectivity index (χ2n) is 7.88. The van der Waals surface area contributed by atoms with E-state index in [1.807, 2.05) is 54.1 Å². The largest absolute Gasteiger partial charge is 0.349 e. The molecule has 1 atom stereocenters. The molecular weight excluding hydrogens is 372 g/mol. The summed E-state index contributed by atoms with van der Waals surface area (Å²) in [5, 5.41) is 8.43. The van der Waals surface area contributed by atoms with E-state index in [4.69, 9.17) is 0 Å². The molecule has 0 radical (unpaired) electrons. The first-order valence-electron chi connectivity index (χ1n) is 10.3. The Hall–Kier alpha value is -3.47. The number of hydrogen-bond acceptors (Lipinski definition) is 3. The van der Waals surface area contributed by atoms with Crippen molar-refractivity contribution in [2.45, 2.75) is 38.8 Å². The zero-order valence-corrected chi connectivity index (χ0v) is 17.5. The normalized spacial score (nSPS) is 12.4. The van der Waals surface area contributed by atoms with Gasteiger partial charge in [0.25, 0.3) is 5.91 Å². The number of pyridine rings is 1. The Bertz CT molecular complexity index is 1100. The number of rotatable bonds is 6. The van der Waals surface area contributed by atoms with Gasteiger partial charge in [0.1, 0.15) is 0 Å². The van der Waals surface area contributed by atoms with Crippen LogP contribution in [0.3, 0.4) is 0 Å². The lowest BCUT2D eigenvalue weighted by atomic mass is 9.85. The highest BCUT2D eigenvalue weighted by atomic mass is 16.1. The fraction of sp³-hybridized carbons (Fsp3) is 0.240. The van der Waals surface area contributed by atoms with Crippen LogP contribution >= 0.6 is 0 Å². The molecule has 0 spiro atoms. The van der Waals surface area contributed by atoms with Crippen molar-refractivity contribution in [2.24, 2.45) is 0 Å². The van der Waals surface area contributed by atoms with Gasteiger partial charge in [-0.3, -0.25) is 4.79 Å². The molecule has 5 nitrogen and oxygen atoms in total. The Kier molecular flexibility index (Phi) is 5.61. The van der Waals surface area contributed by atoms with Crippen molar-refractivity contribution in [3.05, 3.63) is 95.8 Å². The second kappa shape index (κ2) is 8.49. The van der Waals surface area contributed by atoms with Crippen molar-refractivity contribution in [3.8, 4) is 0 Å². The quantitative estimate of drug-likeness (QED) is 0.499. The first-order valence-corrected chi connectivity index (χ1v) is 10.3. The molecule has 0 fully saturated rings. The SMILES string of the molecule is CC(NC(=O)c1cnc2c(cnn2C(C)C)c1)C(c1ccccc1)c1ccccc1. The van der Waals surface area contributed by atoms with Crippen LogP contribution in [-0.2, 0) is 0 Å². The van der Waals surface area contributed by atoms with Crippen LogP contribution in [-0.4, -0.2) is 26.7 Å². The van der Waals surface area contributed by atoms with Crippen molar-refractivity contribution in [1.29, 1.82) is 0 Å². The highest BCUT2D eigenvalue weighted by Gasteiger charge is 2.23. The zero-order chi connectivity index (χ0) is 21.1. The van der Waals surface area contributed by atoms with Gasteiger partial charge in [0.2, 0.25) is 0 Å². The summed E-state index contributed by atoms with van der Waals surface area (Å²) >= 11 is 0. The summed E-state index contributed by atoms with van der Waals surface area (Å²) in [4.78, 5) is 17.5. The standard InChI is InChI=1S/C25H26N4O/c1-17(2)29-24-21(16-27-29)14-22(15-26-24)25(30)28-18(3)23(19-10-6-4-7-11-19)20-12-8-5-9-13-20/h4-18,23H,1-3H3,(H,28,30). The summed E-state index contributed by atoms with van der Waals surface area (Å²) in [5.74, 6) is -0.0807. The molecule has 5 heteroatoms. The highest BCUT2D eigenvalue weighted by Crippen LogP contribution is 2.28. The summed E-state index contributed by atoms with van der Waals surface area (Å²) in [6.07, 6.45) is 3.39. The minimum Gasteiger partial charge on any atom is -0.349 e. The number of carbonyl (C=O) groups excluding carboxylic acids is 1. The van der Waals surface area contributed by atoms with Crippen LogP contribution in [0.15, 0.2) is 79.1 Å². The number of nitrogens with zero attached hydrogens (tertiary/aromatic N) is 3. The summed E-state index contributed by atoms with van der Waals surface area (Å²) in [6, 6.07) is 22.5. The Morgan fingerprint density at radius 2 is 1.50 bits per heavy atom. The van der Waals surface area contributed by atoms with Crippen LogP contribution in [0.1, 0.15) is 54.2 Å². The molecule has 2 aromatic carbocycles. The molecule has 4 rings (SSSR count). The van der Waals surface area contributed by atoms with Gasteiger partial charge >= 0.3 is 0 Å². The van der Waals surface area contributed by atoms with Crippen molar-refractivity contribution in [1.82, 2.24) is 20.1 Å². The smallest absolute Gasteiger partial charge is 0.253 e. The minimum atomic E-state index is -0.133. The Morgan fingerprint density at radius 3 is 2.07 bits per heavy atom. The third-order valence-corrected chi connectivity index (χ3v) is 5.36. The lowest BCUT2D eigenvalue weighted by Crippen LogP contribution is -2.37. The van der Waals surface area contributed by atoms with Crippen LogP contribution in [0.2, 0.25) is 0 Å². The molecule has 0 saturated heterocycles. The number of nitrogens with one attached hydrogen (secondary N) is 1. The topological polar surface area (TPSA) is 59.8 Å². The molecule has 1 N–H and O–H groups in total. The van der Waals surface area contributed by atoms with Crippen LogP contribution in [0, 0.1) is 0 Å². The summed E-state index contributed by atoms with van der Waals surface area (Å²) in [7, 11) is 0. The molecule has 152 valence electrons. The lowest BCUT2D eigenvalue weighted by molar-refractivity contribution is 0.0937. The number of amides is 1. The first kappa shape index (κ1) is 19.8. The van der Waals surface area contributed by atoms with E-state index in [0.29, 0.717) is 5.56 Å². The van der Waals surface area contributed by atoms with E-state index < -0.39 is 0 Å². The van der Waals surface area contributed by atoms with E-state index in [1.54, 1.807) is 12.4 Å². The van der Waals surface area contributed by atoms with Crippen LogP contribution < -0.4 is 5.32 Å². The fourth-order valence-corrected chi connectivity index (χ4v) is 3.91. The van der Waals surface area contributed by atoms with Crippen LogP contribution in [0.25, 0.3) is 11.0 Å². The predicted octanol–water partition coefficient (Wildman–Crippen LogP) is 4.96. The number of hydrogen-bond donors (Lipinski definition) is 1. The van der Waals surface area contributed by atoms with Crippen molar-refractivity contribution < 1.29 is 4.79 Å². The third kappa shape index (κ3) is 3.96. The van der Waals surface area contributed by atoms with Crippen molar-refractivity contribution in [2.75, 3.05) is 0 Å². The molecule has 4 aromatic rings. The van der Waals surface area contributed by atoms with Gasteiger partial charge in [-0.05, 0) is 38.0 Å². The number of benzene rings is 2. The van der Waals surface area contributed by atoms with Crippen molar-refractivity contribution >= 4 is 16.9 Å². The summed E-state index contributed by atoms with van der Waals surface area (Å²) in [5.41, 5.74) is 3.67. The highest BCUT2D eigenvalue weighted by molar-refractivity contribution is 5.97. The Balaban J connectivity index is 1.60. The molecule has 0 aliphatic rings. The van der Waals surface area contributed by atoms with E-state index in [2.05, 4.69) is 53.5 Å². The minimum absolute atomic E-state index is 0.0525. The summed E-state index contributed by atoms with van der Waals surface area (Å²) in [6.45, 7) is 6.17. The lowest BCUT2D eigenvalue weighted by Gasteiger charge is -2.26. The molecule has 30 heavy (non-hydrogen) atoms. The maximum atomic E-state index is 13.0. The van der Waals surface area contributed by atoms with Gasteiger partial charge in [-0.15, -0.1) is 0 Å². The number of carbonyl (C=O) groups is 1. The Morgan fingerprint density at radius 1 is 0.900 bits per heavy atom. The molecule has 0 saturated carbocycles. The average molecular weight is 399 g/mol. The van der Waals surface area contributed by atoms with Gasteiger partial charge in [-0.25, -0.2) is 9.67 Å². The molecular formula is C25H26N4O.